The molecule has 1 fully saturated rings. The Labute approximate surface area is 204 Å². The van der Waals surface area contributed by atoms with Gasteiger partial charge in [-0.15, -0.1) is 0 Å². The molecule has 0 aliphatic carbocycles. The second-order valence-electron chi connectivity index (χ2n) is 8.10. The van der Waals surface area contributed by atoms with E-state index in [0.29, 0.717) is 31.1 Å². The van der Waals surface area contributed by atoms with Gasteiger partial charge in [0, 0.05) is 24.5 Å². The van der Waals surface area contributed by atoms with E-state index in [0.717, 1.165) is 29.5 Å². The number of carbonyl (C=O) groups excluding carboxylic acids is 1. The van der Waals surface area contributed by atoms with Crippen LogP contribution in [0, 0.1) is 0 Å². The number of morpholine rings is 1. The molecule has 0 bridgehead atoms. The summed E-state index contributed by atoms with van der Waals surface area (Å²) in [6.45, 7) is 3.07. The molecule has 0 saturated carbocycles. The number of hydrogen-bond acceptors (Lipinski definition) is 6. The highest BCUT2D eigenvalue weighted by atomic mass is 32.2. The number of rotatable bonds is 9. The van der Waals surface area contributed by atoms with Gasteiger partial charge in [-0.2, -0.15) is 16.5 Å². The monoisotopic (exact) mass is 499 g/mol. The number of thioether (sulfide) groups is 1. The van der Waals surface area contributed by atoms with Crippen molar-refractivity contribution in [2.75, 3.05) is 48.5 Å². The van der Waals surface area contributed by atoms with Gasteiger partial charge in [-0.25, -0.2) is 8.42 Å². The topological polar surface area (TPSA) is 87.7 Å². The van der Waals surface area contributed by atoms with Crippen LogP contribution in [0.25, 0.3) is 10.8 Å². The lowest BCUT2D eigenvalue weighted by Gasteiger charge is -2.29. The molecule has 7 nitrogen and oxygen atoms in total. The molecule has 1 atom stereocenters. The van der Waals surface area contributed by atoms with Crippen LogP contribution >= 0.6 is 11.8 Å². The lowest BCUT2D eigenvalue weighted by molar-refractivity contribution is -0.117. The Kier molecular flexibility index (Phi) is 8.10. The average Bonchev–Trinajstić information content (AvgIpc) is 2.87. The smallest absolute Gasteiger partial charge is 0.242 e. The van der Waals surface area contributed by atoms with Crippen molar-refractivity contribution in [2.45, 2.75) is 17.4 Å². The fourth-order valence-electron chi connectivity index (χ4n) is 3.88. The highest BCUT2D eigenvalue weighted by Crippen LogP contribution is 2.21. The van der Waals surface area contributed by atoms with Crippen molar-refractivity contribution in [3.63, 3.8) is 0 Å². The fourth-order valence-corrected chi connectivity index (χ4v) is 5.61. The van der Waals surface area contributed by atoms with Gasteiger partial charge in [-0.1, -0.05) is 30.3 Å². The molecule has 1 amide bonds. The predicted molar refractivity (Wildman–Crippen MR) is 139 cm³/mol. The SMILES string of the molecule is CSCCC(NS(=O)(=O)c1ccc2ccccc2c1)C(=O)Nc1ccc(N2CCOCC2)cc1. The largest absolute Gasteiger partial charge is 0.378 e. The number of nitrogens with zero attached hydrogens (tertiary/aromatic N) is 1. The highest BCUT2D eigenvalue weighted by Gasteiger charge is 2.26. The first-order chi connectivity index (χ1) is 16.5. The third-order valence-electron chi connectivity index (χ3n) is 5.77. The van der Waals surface area contributed by atoms with E-state index in [9.17, 15) is 13.2 Å². The summed E-state index contributed by atoms with van der Waals surface area (Å²) < 4.78 is 34.2. The molecule has 180 valence electrons. The van der Waals surface area contributed by atoms with Crippen molar-refractivity contribution in [2.24, 2.45) is 0 Å². The molecule has 1 unspecified atom stereocenters. The van der Waals surface area contributed by atoms with Crippen molar-refractivity contribution in [3.05, 3.63) is 66.7 Å². The van der Waals surface area contributed by atoms with E-state index in [4.69, 9.17) is 4.74 Å². The molecule has 3 aromatic carbocycles. The highest BCUT2D eigenvalue weighted by molar-refractivity contribution is 7.98. The summed E-state index contributed by atoms with van der Waals surface area (Å²) in [4.78, 5) is 15.4. The van der Waals surface area contributed by atoms with Gasteiger partial charge in [0.05, 0.1) is 18.1 Å². The zero-order valence-corrected chi connectivity index (χ0v) is 20.7. The molecule has 2 N–H and O–H groups in total. The van der Waals surface area contributed by atoms with E-state index in [-0.39, 0.29) is 10.8 Å². The minimum Gasteiger partial charge on any atom is -0.378 e. The molecule has 4 rings (SSSR count). The van der Waals surface area contributed by atoms with Crippen LogP contribution in [0.4, 0.5) is 11.4 Å². The van der Waals surface area contributed by atoms with Crippen LogP contribution in [0.5, 0.6) is 0 Å². The normalized spacial score (nSPS) is 15.3. The number of nitrogens with one attached hydrogen (secondary N) is 2. The molecule has 1 aliphatic rings. The Morgan fingerprint density at radius 1 is 1.03 bits per heavy atom. The summed E-state index contributed by atoms with van der Waals surface area (Å²) >= 11 is 1.56. The summed E-state index contributed by atoms with van der Waals surface area (Å²) in [6, 6.07) is 19.2. The fraction of sp³-hybridized carbons (Fsp3) is 0.320. The van der Waals surface area contributed by atoms with E-state index in [1.165, 1.54) is 0 Å². The summed E-state index contributed by atoms with van der Waals surface area (Å²) in [5, 5.41) is 4.65. The first-order valence-electron chi connectivity index (χ1n) is 11.2. The summed E-state index contributed by atoms with van der Waals surface area (Å²) in [6.07, 6.45) is 2.31. The zero-order valence-electron chi connectivity index (χ0n) is 19.1. The molecule has 0 radical (unpaired) electrons. The number of amides is 1. The summed E-state index contributed by atoms with van der Waals surface area (Å²) in [7, 11) is -3.88. The molecule has 0 spiro atoms. The van der Waals surface area contributed by atoms with Crippen molar-refractivity contribution in [3.8, 4) is 0 Å². The Hall–Kier alpha value is -2.59. The average molecular weight is 500 g/mol. The van der Waals surface area contributed by atoms with Gasteiger partial charge in [0.2, 0.25) is 15.9 Å². The van der Waals surface area contributed by atoms with E-state index < -0.39 is 16.1 Å². The molecule has 34 heavy (non-hydrogen) atoms. The minimum atomic E-state index is -3.88. The zero-order chi connectivity index (χ0) is 24.0. The molecular formula is C25H29N3O4S2. The quantitative estimate of drug-likeness (QED) is 0.467. The first-order valence-corrected chi connectivity index (χ1v) is 14.1. The summed E-state index contributed by atoms with van der Waals surface area (Å²) in [5.41, 5.74) is 1.69. The Morgan fingerprint density at radius 2 is 1.74 bits per heavy atom. The lowest BCUT2D eigenvalue weighted by Crippen LogP contribution is -2.44. The van der Waals surface area contributed by atoms with Crippen molar-refractivity contribution < 1.29 is 17.9 Å². The second-order valence-corrected chi connectivity index (χ2v) is 10.8. The molecule has 3 aromatic rings. The van der Waals surface area contributed by atoms with Crippen LogP contribution in [-0.4, -0.2) is 58.7 Å². The maximum Gasteiger partial charge on any atom is 0.242 e. The number of hydrogen-bond donors (Lipinski definition) is 2. The Bertz CT molecular complexity index is 1230. The van der Waals surface area contributed by atoms with E-state index in [1.807, 2.05) is 54.8 Å². The van der Waals surface area contributed by atoms with Crippen molar-refractivity contribution in [1.82, 2.24) is 4.72 Å². The number of ether oxygens (including phenoxy) is 1. The molecule has 0 aromatic heterocycles. The van der Waals surface area contributed by atoms with E-state index in [1.54, 1.807) is 30.0 Å². The van der Waals surface area contributed by atoms with Gasteiger partial charge in [0.15, 0.2) is 0 Å². The third-order valence-corrected chi connectivity index (χ3v) is 7.88. The number of benzene rings is 3. The molecule has 9 heteroatoms. The van der Waals surface area contributed by atoms with Crippen LogP contribution in [0.2, 0.25) is 0 Å². The van der Waals surface area contributed by atoms with Gasteiger partial charge >= 0.3 is 0 Å². The molecule has 1 aliphatic heterocycles. The Balaban J connectivity index is 1.47. The Morgan fingerprint density at radius 3 is 2.44 bits per heavy atom. The lowest BCUT2D eigenvalue weighted by atomic mass is 10.1. The van der Waals surface area contributed by atoms with Gasteiger partial charge in [0.25, 0.3) is 0 Å². The number of carbonyl (C=O) groups is 1. The van der Waals surface area contributed by atoms with Gasteiger partial charge in [0.1, 0.15) is 6.04 Å². The van der Waals surface area contributed by atoms with Crippen LogP contribution < -0.4 is 14.9 Å². The van der Waals surface area contributed by atoms with Gasteiger partial charge < -0.3 is 15.0 Å². The third kappa shape index (κ3) is 6.09. The second kappa shape index (κ2) is 11.2. The van der Waals surface area contributed by atoms with Gasteiger partial charge in [-0.3, -0.25) is 4.79 Å². The number of anilines is 2. The van der Waals surface area contributed by atoms with Gasteiger partial charge in [-0.05, 0) is 65.6 Å². The van der Waals surface area contributed by atoms with Crippen LogP contribution in [0.3, 0.4) is 0 Å². The summed E-state index contributed by atoms with van der Waals surface area (Å²) in [5.74, 6) is 0.270. The molecular weight excluding hydrogens is 470 g/mol. The molecule has 1 heterocycles. The van der Waals surface area contributed by atoms with Crippen molar-refractivity contribution >= 4 is 49.8 Å². The van der Waals surface area contributed by atoms with E-state index >= 15 is 0 Å². The van der Waals surface area contributed by atoms with E-state index in [2.05, 4.69) is 14.9 Å². The number of sulfonamides is 1. The maximum atomic E-state index is 13.1. The van der Waals surface area contributed by atoms with Crippen LogP contribution in [-0.2, 0) is 19.6 Å². The predicted octanol–water partition coefficient (Wildman–Crippen LogP) is 3.72. The van der Waals surface area contributed by atoms with Crippen LogP contribution in [0.1, 0.15) is 6.42 Å². The minimum absolute atomic E-state index is 0.142. The maximum absolute atomic E-state index is 13.1. The first kappa shape index (κ1) is 24.5. The molecule has 1 saturated heterocycles. The van der Waals surface area contributed by atoms with Crippen LogP contribution in [0.15, 0.2) is 71.6 Å². The number of fused-ring (bicyclic) bond motifs is 1. The van der Waals surface area contributed by atoms with Crippen molar-refractivity contribution in [1.29, 1.82) is 0 Å². The standard InChI is InChI=1S/C25H29N3O4S2/c1-33-17-12-24(27-34(30,31)23-11-6-19-4-2-3-5-20(19)18-23)25(29)26-21-7-9-22(10-8-21)28-13-15-32-16-14-28/h2-11,18,24,27H,12-17H2,1H3,(H,26,29).